The molecule has 2 aliphatic heterocycles. The molecule has 0 unspecified atom stereocenters. The van der Waals surface area contributed by atoms with Crippen molar-refractivity contribution in [1.29, 1.82) is 0 Å². The van der Waals surface area contributed by atoms with Crippen LogP contribution in [0.5, 0.6) is 11.5 Å². The summed E-state index contributed by atoms with van der Waals surface area (Å²) >= 11 is 6.15. The van der Waals surface area contributed by atoms with Crippen molar-refractivity contribution < 1.29 is 19.1 Å². The van der Waals surface area contributed by atoms with Gasteiger partial charge in [0.2, 0.25) is 18.6 Å². The number of fused-ring (bicyclic) bond motifs is 1. The number of hydrogen-bond donors (Lipinski definition) is 1. The van der Waals surface area contributed by atoms with Gasteiger partial charge in [-0.2, -0.15) is 0 Å². The zero-order valence-corrected chi connectivity index (χ0v) is 14.9. The quantitative estimate of drug-likeness (QED) is 0.897. The van der Waals surface area contributed by atoms with E-state index in [1.54, 1.807) is 29.2 Å². The summed E-state index contributed by atoms with van der Waals surface area (Å²) in [5.74, 6) is 0.546. The molecular formula is C19H17ClN2O4. The molecule has 2 aliphatic rings. The first-order valence-corrected chi connectivity index (χ1v) is 8.66. The Morgan fingerprint density at radius 2 is 2.00 bits per heavy atom. The topological polar surface area (TPSA) is 67.9 Å². The molecule has 6 nitrogen and oxygen atoms in total. The highest BCUT2D eigenvalue weighted by Gasteiger charge is 2.35. The van der Waals surface area contributed by atoms with E-state index in [9.17, 15) is 9.59 Å². The highest BCUT2D eigenvalue weighted by molar-refractivity contribution is 6.31. The lowest BCUT2D eigenvalue weighted by molar-refractivity contribution is -0.122. The number of aryl methyl sites for hydroxylation is 1. The summed E-state index contributed by atoms with van der Waals surface area (Å²) in [5.41, 5.74) is 2.27. The number of halogens is 1. The zero-order chi connectivity index (χ0) is 18.3. The van der Waals surface area contributed by atoms with Gasteiger partial charge in [-0.1, -0.05) is 17.7 Å². The molecule has 1 atom stereocenters. The van der Waals surface area contributed by atoms with Gasteiger partial charge in [-0.25, -0.2) is 0 Å². The molecule has 0 spiro atoms. The van der Waals surface area contributed by atoms with E-state index in [-0.39, 0.29) is 25.0 Å². The van der Waals surface area contributed by atoms with E-state index in [2.05, 4.69) is 5.32 Å². The van der Waals surface area contributed by atoms with Crippen LogP contribution in [0.4, 0.5) is 11.4 Å². The number of nitrogens with one attached hydrogen (secondary N) is 1. The molecule has 0 aliphatic carbocycles. The van der Waals surface area contributed by atoms with Crippen molar-refractivity contribution in [1.82, 2.24) is 0 Å². The first kappa shape index (κ1) is 16.7. The Hall–Kier alpha value is -2.73. The number of amides is 2. The number of nitrogens with zero attached hydrogens (tertiary/aromatic N) is 1. The minimum Gasteiger partial charge on any atom is -0.454 e. The van der Waals surface area contributed by atoms with Gasteiger partial charge in [0, 0.05) is 35.4 Å². The molecule has 26 heavy (non-hydrogen) atoms. The molecule has 1 saturated heterocycles. The van der Waals surface area contributed by atoms with Gasteiger partial charge in [0.1, 0.15) is 0 Å². The van der Waals surface area contributed by atoms with Crippen LogP contribution < -0.4 is 19.7 Å². The van der Waals surface area contributed by atoms with E-state index < -0.39 is 5.92 Å². The lowest BCUT2D eigenvalue weighted by Crippen LogP contribution is -2.28. The maximum absolute atomic E-state index is 12.6. The third-order valence-corrected chi connectivity index (χ3v) is 5.01. The number of carbonyl (C=O) groups excluding carboxylic acids is 2. The molecule has 7 heteroatoms. The molecule has 2 heterocycles. The van der Waals surface area contributed by atoms with E-state index in [0.29, 0.717) is 34.4 Å². The van der Waals surface area contributed by atoms with Gasteiger partial charge in [-0.05, 0) is 36.8 Å². The third-order valence-electron chi connectivity index (χ3n) is 4.60. The fourth-order valence-corrected chi connectivity index (χ4v) is 3.28. The predicted molar refractivity (Wildman–Crippen MR) is 97.8 cm³/mol. The first-order chi connectivity index (χ1) is 12.5. The van der Waals surface area contributed by atoms with Crippen LogP contribution in [0, 0.1) is 12.8 Å². The molecule has 4 rings (SSSR count). The van der Waals surface area contributed by atoms with Crippen molar-refractivity contribution >= 4 is 34.8 Å². The Morgan fingerprint density at radius 3 is 2.81 bits per heavy atom. The SMILES string of the molecule is Cc1ccc(N2C[C@@H](C(=O)Nc3ccc4c(c3)OCO4)CC2=O)cc1Cl. The lowest BCUT2D eigenvalue weighted by Gasteiger charge is -2.17. The molecule has 134 valence electrons. The Kier molecular flexibility index (Phi) is 4.20. The fraction of sp³-hybridized carbons (Fsp3) is 0.263. The second-order valence-corrected chi connectivity index (χ2v) is 6.80. The smallest absolute Gasteiger partial charge is 0.231 e. The lowest BCUT2D eigenvalue weighted by atomic mass is 10.1. The van der Waals surface area contributed by atoms with Crippen LogP contribution in [0.1, 0.15) is 12.0 Å². The molecule has 2 aromatic rings. The first-order valence-electron chi connectivity index (χ1n) is 8.28. The highest BCUT2D eigenvalue weighted by atomic mass is 35.5. The largest absolute Gasteiger partial charge is 0.454 e. The minimum atomic E-state index is -0.423. The van der Waals surface area contributed by atoms with Crippen LogP contribution in [-0.2, 0) is 9.59 Å². The van der Waals surface area contributed by atoms with Crippen LogP contribution in [0.15, 0.2) is 36.4 Å². The number of benzene rings is 2. The third kappa shape index (κ3) is 3.08. The average Bonchev–Trinajstić information content (AvgIpc) is 3.23. The molecule has 2 aromatic carbocycles. The molecule has 0 aromatic heterocycles. The van der Waals surface area contributed by atoms with Crippen LogP contribution in [0.3, 0.4) is 0 Å². The Labute approximate surface area is 155 Å². The fourth-order valence-electron chi connectivity index (χ4n) is 3.10. The van der Waals surface area contributed by atoms with Crippen molar-refractivity contribution in [2.45, 2.75) is 13.3 Å². The average molecular weight is 373 g/mol. The summed E-state index contributed by atoms with van der Waals surface area (Å²) in [6.07, 6.45) is 0.169. The molecule has 1 fully saturated rings. The van der Waals surface area contributed by atoms with Crippen molar-refractivity contribution in [2.75, 3.05) is 23.6 Å². The van der Waals surface area contributed by atoms with E-state index in [4.69, 9.17) is 21.1 Å². The van der Waals surface area contributed by atoms with Crippen LogP contribution >= 0.6 is 11.6 Å². The molecular weight excluding hydrogens is 356 g/mol. The van der Waals surface area contributed by atoms with Gasteiger partial charge in [-0.3, -0.25) is 9.59 Å². The van der Waals surface area contributed by atoms with Crippen LogP contribution in [0.2, 0.25) is 5.02 Å². The van der Waals surface area contributed by atoms with Crippen LogP contribution in [-0.4, -0.2) is 25.2 Å². The molecule has 0 radical (unpaired) electrons. The normalized spacial score (nSPS) is 18.3. The number of rotatable bonds is 3. The number of carbonyl (C=O) groups is 2. The summed E-state index contributed by atoms with van der Waals surface area (Å²) < 4.78 is 10.6. The molecule has 0 saturated carbocycles. The summed E-state index contributed by atoms with van der Waals surface area (Å²) in [6, 6.07) is 10.7. The van der Waals surface area contributed by atoms with E-state index in [1.807, 2.05) is 19.1 Å². The van der Waals surface area contributed by atoms with Gasteiger partial charge in [0.25, 0.3) is 0 Å². The number of ether oxygens (including phenoxy) is 2. The predicted octanol–water partition coefficient (Wildman–Crippen LogP) is 3.37. The summed E-state index contributed by atoms with van der Waals surface area (Å²) in [7, 11) is 0. The van der Waals surface area contributed by atoms with Gasteiger partial charge in [0.05, 0.1) is 5.92 Å². The van der Waals surface area contributed by atoms with E-state index in [1.165, 1.54) is 0 Å². The highest BCUT2D eigenvalue weighted by Crippen LogP contribution is 2.35. The molecule has 1 N–H and O–H groups in total. The molecule has 0 bridgehead atoms. The van der Waals surface area contributed by atoms with Crippen molar-refractivity contribution in [3.8, 4) is 11.5 Å². The summed E-state index contributed by atoms with van der Waals surface area (Å²) in [4.78, 5) is 26.5. The number of hydrogen-bond acceptors (Lipinski definition) is 4. The number of anilines is 2. The maximum Gasteiger partial charge on any atom is 0.231 e. The van der Waals surface area contributed by atoms with Crippen molar-refractivity contribution in [3.05, 3.63) is 47.0 Å². The van der Waals surface area contributed by atoms with Gasteiger partial charge in [0.15, 0.2) is 11.5 Å². The van der Waals surface area contributed by atoms with Gasteiger partial charge < -0.3 is 19.7 Å². The van der Waals surface area contributed by atoms with Crippen LogP contribution in [0.25, 0.3) is 0 Å². The zero-order valence-electron chi connectivity index (χ0n) is 14.1. The van der Waals surface area contributed by atoms with Crippen molar-refractivity contribution in [3.63, 3.8) is 0 Å². The Morgan fingerprint density at radius 1 is 1.19 bits per heavy atom. The second-order valence-electron chi connectivity index (χ2n) is 6.40. The van der Waals surface area contributed by atoms with Crippen molar-refractivity contribution in [2.24, 2.45) is 5.92 Å². The standard InChI is InChI=1S/C19H17ClN2O4/c1-11-2-4-14(8-15(11)20)22-9-12(6-18(22)23)19(24)21-13-3-5-16-17(7-13)26-10-25-16/h2-5,7-8,12H,6,9-10H2,1H3,(H,21,24)/t12-/m0/s1. The van der Waals surface area contributed by atoms with Gasteiger partial charge >= 0.3 is 0 Å². The van der Waals surface area contributed by atoms with E-state index >= 15 is 0 Å². The Bertz CT molecular complexity index is 899. The Balaban J connectivity index is 1.46. The monoisotopic (exact) mass is 372 g/mol. The maximum atomic E-state index is 12.6. The van der Waals surface area contributed by atoms with E-state index in [0.717, 1.165) is 5.56 Å². The second kappa shape index (κ2) is 6.53. The minimum absolute atomic E-state index is 0.0873. The van der Waals surface area contributed by atoms with Gasteiger partial charge in [-0.15, -0.1) is 0 Å². The summed E-state index contributed by atoms with van der Waals surface area (Å²) in [5, 5.41) is 3.45. The summed E-state index contributed by atoms with van der Waals surface area (Å²) in [6.45, 7) is 2.41. The molecule has 2 amide bonds.